The van der Waals surface area contributed by atoms with Crippen LogP contribution in [0.1, 0.15) is 24.4 Å². The monoisotopic (exact) mass is 242 g/mol. The molecule has 0 aliphatic heterocycles. The summed E-state index contributed by atoms with van der Waals surface area (Å²) in [6.45, 7) is 2.77. The minimum atomic E-state index is -1.47. The lowest BCUT2D eigenvalue weighted by Crippen LogP contribution is -2.34. The summed E-state index contributed by atoms with van der Waals surface area (Å²) in [7, 11) is 0. The van der Waals surface area contributed by atoms with Crippen molar-refractivity contribution in [3.8, 4) is 0 Å². The lowest BCUT2D eigenvalue weighted by atomic mass is 10.1. The molecule has 0 spiro atoms. The van der Waals surface area contributed by atoms with Gasteiger partial charge >= 0.3 is 0 Å². The van der Waals surface area contributed by atoms with Crippen LogP contribution in [0, 0.1) is 12.7 Å². The van der Waals surface area contributed by atoms with Crippen LogP contribution in [0.25, 0.3) is 0 Å². The van der Waals surface area contributed by atoms with Gasteiger partial charge in [0.15, 0.2) is 0 Å². The second-order valence-corrected chi connectivity index (χ2v) is 3.77. The molecule has 1 amide bonds. The number of halogens is 1. The molecule has 1 rings (SSSR count). The second kappa shape index (κ2) is 5.70. The number of aromatic nitrogens is 1. The number of nitrogens with one attached hydrogen (secondary N) is 1. The summed E-state index contributed by atoms with van der Waals surface area (Å²) in [5.41, 5.74) is 0.315. The van der Waals surface area contributed by atoms with Gasteiger partial charge in [-0.3, -0.25) is 9.78 Å². The van der Waals surface area contributed by atoms with Crippen molar-refractivity contribution < 1.29 is 19.4 Å². The molecule has 0 aliphatic carbocycles. The largest absolute Gasteiger partial charge is 0.388 e. The number of rotatable bonds is 4. The molecule has 0 radical (unpaired) electrons. The topological polar surface area (TPSA) is 82.5 Å². The van der Waals surface area contributed by atoms with Crippen molar-refractivity contribution in [1.82, 2.24) is 10.3 Å². The zero-order valence-corrected chi connectivity index (χ0v) is 9.64. The van der Waals surface area contributed by atoms with E-state index in [-0.39, 0.29) is 18.1 Å². The molecule has 5 nitrogen and oxygen atoms in total. The first-order valence-electron chi connectivity index (χ1n) is 5.15. The van der Waals surface area contributed by atoms with Gasteiger partial charge in [0.1, 0.15) is 23.7 Å². The van der Waals surface area contributed by atoms with Crippen molar-refractivity contribution >= 4 is 5.91 Å². The number of nitrogens with zero attached hydrogens (tertiary/aromatic N) is 1. The maximum atomic E-state index is 13.4. The fourth-order valence-corrected chi connectivity index (χ4v) is 1.31. The molecule has 1 heterocycles. The van der Waals surface area contributed by atoms with E-state index in [9.17, 15) is 19.4 Å². The number of carbonyl (C=O) groups excluding carboxylic acids is 1. The van der Waals surface area contributed by atoms with Crippen molar-refractivity contribution in [3.63, 3.8) is 0 Å². The van der Waals surface area contributed by atoms with E-state index in [0.29, 0.717) is 5.69 Å². The Hall–Kier alpha value is -1.53. The van der Waals surface area contributed by atoms with E-state index >= 15 is 0 Å². The third-order valence-electron chi connectivity index (χ3n) is 2.22. The van der Waals surface area contributed by atoms with Crippen LogP contribution in [0.4, 0.5) is 4.39 Å². The molecular formula is C11H15FN2O3. The van der Waals surface area contributed by atoms with Crippen LogP contribution in [0.5, 0.6) is 0 Å². The Labute approximate surface area is 98.3 Å². The van der Waals surface area contributed by atoms with E-state index in [1.165, 1.54) is 19.1 Å². The summed E-state index contributed by atoms with van der Waals surface area (Å²) < 4.78 is 13.4. The van der Waals surface area contributed by atoms with Gasteiger partial charge in [0.2, 0.25) is 5.91 Å². The molecule has 2 unspecified atom stereocenters. The number of aliphatic hydroxyl groups excluding tert-OH is 2. The van der Waals surface area contributed by atoms with Crippen LogP contribution >= 0.6 is 0 Å². The van der Waals surface area contributed by atoms with Gasteiger partial charge in [-0.25, -0.2) is 4.39 Å². The summed E-state index contributed by atoms with van der Waals surface area (Å²) in [4.78, 5) is 14.5. The first-order valence-corrected chi connectivity index (χ1v) is 5.15. The maximum absolute atomic E-state index is 13.4. The Morgan fingerprint density at radius 3 is 2.76 bits per heavy atom. The minimum absolute atomic E-state index is 0.161. The molecule has 1 aromatic rings. The molecule has 94 valence electrons. The molecule has 1 aromatic heterocycles. The van der Waals surface area contributed by atoms with Gasteiger partial charge in [-0.1, -0.05) is 0 Å². The highest BCUT2D eigenvalue weighted by Gasteiger charge is 2.23. The molecule has 0 bridgehead atoms. The van der Waals surface area contributed by atoms with E-state index < -0.39 is 18.0 Å². The summed E-state index contributed by atoms with van der Waals surface area (Å²) in [5.74, 6) is -1.03. The SMILES string of the molecule is CC(=O)NCC(O)C(O)c1nc(C)ccc1F. The predicted octanol–water partition coefficient (Wildman–Crippen LogP) is 0.0595. The quantitative estimate of drug-likeness (QED) is 0.697. The van der Waals surface area contributed by atoms with Gasteiger partial charge in [0, 0.05) is 19.2 Å². The predicted molar refractivity (Wildman–Crippen MR) is 58.6 cm³/mol. The Bertz CT molecular complexity index is 412. The van der Waals surface area contributed by atoms with Crippen LogP contribution in [-0.2, 0) is 4.79 Å². The number of aryl methyl sites for hydroxylation is 1. The van der Waals surface area contributed by atoms with Gasteiger partial charge in [0.05, 0.1) is 0 Å². The number of amides is 1. The number of pyridine rings is 1. The molecule has 2 atom stereocenters. The van der Waals surface area contributed by atoms with Gasteiger partial charge in [-0.2, -0.15) is 0 Å². The van der Waals surface area contributed by atoms with E-state index in [2.05, 4.69) is 10.3 Å². The number of hydrogen-bond donors (Lipinski definition) is 3. The summed E-state index contributed by atoms with van der Waals surface area (Å²) in [6, 6.07) is 2.64. The third-order valence-corrected chi connectivity index (χ3v) is 2.22. The van der Waals surface area contributed by atoms with Crippen LogP contribution in [0.2, 0.25) is 0 Å². The molecular weight excluding hydrogens is 227 g/mol. The Morgan fingerprint density at radius 2 is 2.18 bits per heavy atom. The standard InChI is InChI=1S/C11H15FN2O3/c1-6-3-4-8(12)10(14-6)11(17)9(16)5-13-7(2)15/h3-4,9,11,16-17H,5H2,1-2H3,(H,13,15). The van der Waals surface area contributed by atoms with Crippen molar-refractivity contribution in [2.45, 2.75) is 26.1 Å². The fourth-order valence-electron chi connectivity index (χ4n) is 1.31. The molecule has 0 aliphatic rings. The number of aliphatic hydroxyl groups is 2. The van der Waals surface area contributed by atoms with Gasteiger partial charge < -0.3 is 15.5 Å². The Balaban J connectivity index is 2.77. The zero-order chi connectivity index (χ0) is 13.0. The molecule has 0 aromatic carbocycles. The first kappa shape index (κ1) is 13.5. The molecule has 6 heteroatoms. The number of hydrogen-bond acceptors (Lipinski definition) is 4. The average molecular weight is 242 g/mol. The highest BCUT2D eigenvalue weighted by molar-refractivity contribution is 5.72. The second-order valence-electron chi connectivity index (χ2n) is 3.77. The van der Waals surface area contributed by atoms with Gasteiger partial charge in [-0.15, -0.1) is 0 Å². The zero-order valence-electron chi connectivity index (χ0n) is 9.64. The maximum Gasteiger partial charge on any atom is 0.216 e. The highest BCUT2D eigenvalue weighted by atomic mass is 19.1. The highest BCUT2D eigenvalue weighted by Crippen LogP contribution is 2.18. The summed E-state index contributed by atoms with van der Waals surface area (Å²) in [5, 5.41) is 21.6. The van der Waals surface area contributed by atoms with Gasteiger partial charge in [-0.05, 0) is 19.1 Å². The van der Waals surface area contributed by atoms with E-state index in [4.69, 9.17) is 0 Å². The van der Waals surface area contributed by atoms with Crippen LogP contribution in [0.3, 0.4) is 0 Å². The molecule has 0 saturated carbocycles. The van der Waals surface area contributed by atoms with Crippen molar-refractivity contribution in [1.29, 1.82) is 0 Å². The Morgan fingerprint density at radius 1 is 1.53 bits per heavy atom. The van der Waals surface area contributed by atoms with Crippen LogP contribution in [-0.4, -0.2) is 33.8 Å². The lowest BCUT2D eigenvalue weighted by Gasteiger charge is -2.18. The molecule has 3 N–H and O–H groups in total. The molecule has 0 saturated heterocycles. The van der Waals surface area contributed by atoms with Crippen molar-refractivity contribution in [2.24, 2.45) is 0 Å². The smallest absolute Gasteiger partial charge is 0.216 e. The minimum Gasteiger partial charge on any atom is -0.388 e. The normalized spacial score (nSPS) is 14.2. The lowest BCUT2D eigenvalue weighted by molar-refractivity contribution is -0.119. The van der Waals surface area contributed by atoms with Gasteiger partial charge in [0.25, 0.3) is 0 Å². The Kier molecular flexibility index (Phi) is 4.53. The van der Waals surface area contributed by atoms with Crippen LogP contribution in [0.15, 0.2) is 12.1 Å². The van der Waals surface area contributed by atoms with Crippen LogP contribution < -0.4 is 5.32 Å². The van der Waals surface area contributed by atoms with E-state index in [0.717, 1.165) is 0 Å². The molecule has 0 fully saturated rings. The average Bonchev–Trinajstić information content (AvgIpc) is 2.28. The number of carbonyl (C=O) groups is 1. The van der Waals surface area contributed by atoms with E-state index in [1.54, 1.807) is 6.92 Å². The summed E-state index contributed by atoms with van der Waals surface area (Å²) >= 11 is 0. The van der Waals surface area contributed by atoms with Crippen molar-refractivity contribution in [3.05, 3.63) is 29.3 Å². The third kappa shape index (κ3) is 3.76. The fraction of sp³-hybridized carbons (Fsp3) is 0.455. The summed E-state index contributed by atoms with van der Waals surface area (Å²) in [6.07, 6.45) is -2.77. The molecule has 17 heavy (non-hydrogen) atoms. The van der Waals surface area contributed by atoms with Crippen molar-refractivity contribution in [2.75, 3.05) is 6.54 Å². The van der Waals surface area contributed by atoms with E-state index in [1.807, 2.05) is 0 Å². The first-order chi connectivity index (χ1) is 7.91.